The molecule has 1 N–H and O–H groups in total. The SMILES string of the molecule is COc1ccc(-c2cc(O)c3c(c2)Oc2ccccc2C3C=O)c(OC)c1. The van der Waals surface area contributed by atoms with Crippen molar-refractivity contribution < 1.29 is 24.1 Å². The minimum Gasteiger partial charge on any atom is -0.507 e. The zero-order chi connectivity index (χ0) is 19.0. The van der Waals surface area contributed by atoms with Gasteiger partial charge in [-0.05, 0) is 35.9 Å². The monoisotopic (exact) mass is 362 g/mol. The Balaban J connectivity index is 1.87. The summed E-state index contributed by atoms with van der Waals surface area (Å²) in [4.78, 5) is 11.8. The summed E-state index contributed by atoms with van der Waals surface area (Å²) in [6.45, 7) is 0. The molecule has 1 aliphatic rings. The van der Waals surface area contributed by atoms with Crippen LogP contribution in [-0.4, -0.2) is 25.6 Å². The molecule has 136 valence electrons. The van der Waals surface area contributed by atoms with Crippen LogP contribution in [0.5, 0.6) is 28.7 Å². The highest BCUT2D eigenvalue weighted by molar-refractivity contribution is 5.81. The molecule has 0 saturated heterocycles. The van der Waals surface area contributed by atoms with Gasteiger partial charge < -0.3 is 24.1 Å². The summed E-state index contributed by atoms with van der Waals surface area (Å²) < 4.78 is 16.7. The van der Waals surface area contributed by atoms with Crippen LogP contribution in [-0.2, 0) is 4.79 Å². The molecule has 0 spiro atoms. The van der Waals surface area contributed by atoms with Crippen LogP contribution in [0.25, 0.3) is 11.1 Å². The van der Waals surface area contributed by atoms with Crippen molar-refractivity contribution in [2.75, 3.05) is 14.2 Å². The number of para-hydroxylation sites is 1. The van der Waals surface area contributed by atoms with Crippen molar-refractivity contribution >= 4 is 6.29 Å². The number of rotatable bonds is 4. The van der Waals surface area contributed by atoms with Gasteiger partial charge in [0.2, 0.25) is 0 Å². The maximum Gasteiger partial charge on any atom is 0.136 e. The van der Waals surface area contributed by atoms with E-state index in [-0.39, 0.29) is 5.75 Å². The average Bonchev–Trinajstić information content (AvgIpc) is 2.71. The Hall–Kier alpha value is -3.47. The van der Waals surface area contributed by atoms with E-state index in [1.807, 2.05) is 42.5 Å². The number of carbonyl (C=O) groups excluding carboxylic acids is 1. The standard InChI is InChI=1S/C22H18O5/c1-25-14-7-8-15(20(11-14)26-2)13-9-18(24)22-17(12-23)16-5-3-4-6-19(16)27-21(22)10-13/h3-12,17,24H,1-2H3. The molecule has 5 heteroatoms. The van der Waals surface area contributed by atoms with Crippen molar-refractivity contribution in [1.29, 1.82) is 0 Å². The summed E-state index contributed by atoms with van der Waals surface area (Å²) in [5, 5.41) is 10.7. The molecular weight excluding hydrogens is 344 g/mol. The number of fused-ring (bicyclic) bond motifs is 2. The third-order valence-electron chi connectivity index (χ3n) is 4.76. The highest BCUT2D eigenvalue weighted by Gasteiger charge is 2.30. The van der Waals surface area contributed by atoms with Crippen molar-refractivity contribution in [3.8, 4) is 39.9 Å². The first-order valence-corrected chi connectivity index (χ1v) is 8.47. The molecule has 0 amide bonds. The number of phenols is 1. The van der Waals surface area contributed by atoms with Gasteiger partial charge in [0.05, 0.1) is 25.7 Å². The van der Waals surface area contributed by atoms with Gasteiger partial charge >= 0.3 is 0 Å². The fourth-order valence-electron chi connectivity index (χ4n) is 3.45. The Bertz CT molecular complexity index is 1030. The number of aromatic hydroxyl groups is 1. The zero-order valence-corrected chi connectivity index (χ0v) is 14.9. The number of aldehydes is 1. The fraction of sp³-hybridized carbons (Fsp3) is 0.136. The predicted octanol–water partition coefficient (Wildman–Crippen LogP) is 4.51. The number of benzene rings is 3. The first-order valence-electron chi connectivity index (χ1n) is 8.47. The average molecular weight is 362 g/mol. The van der Waals surface area contributed by atoms with Crippen LogP contribution in [0, 0.1) is 0 Å². The summed E-state index contributed by atoms with van der Waals surface area (Å²) in [5.74, 6) is 1.78. The van der Waals surface area contributed by atoms with E-state index in [9.17, 15) is 9.90 Å². The summed E-state index contributed by atoms with van der Waals surface area (Å²) >= 11 is 0. The number of hydrogen-bond acceptors (Lipinski definition) is 5. The van der Waals surface area contributed by atoms with Crippen LogP contribution in [0.4, 0.5) is 0 Å². The van der Waals surface area contributed by atoms with Gasteiger partial charge in [0, 0.05) is 17.2 Å². The lowest BCUT2D eigenvalue weighted by Gasteiger charge is -2.26. The molecule has 0 fully saturated rings. The summed E-state index contributed by atoms with van der Waals surface area (Å²) in [6.07, 6.45) is 0.827. The maximum absolute atomic E-state index is 11.8. The molecule has 27 heavy (non-hydrogen) atoms. The lowest BCUT2D eigenvalue weighted by molar-refractivity contribution is -0.108. The van der Waals surface area contributed by atoms with Crippen LogP contribution in [0.3, 0.4) is 0 Å². The normalized spacial score (nSPS) is 14.5. The Morgan fingerprint density at radius 3 is 2.56 bits per heavy atom. The molecule has 0 aliphatic carbocycles. The Kier molecular flexibility index (Phi) is 4.20. The number of ether oxygens (including phenoxy) is 3. The van der Waals surface area contributed by atoms with Crippen molar-refractivity contribution in [2.45, 2.75) is 5.92 Å². The van der Waals surface area contributed by atoms with Crippen molar-refractivity contribution in [3.63, 3.8) is 0 Å². The molecule has 0 bridgehead atoms. The molecule has 4 rings (SSSR count). The lowest BCUT2D eigenvalue weighted by Crippen LogP contribution is -2.11. The van der Waals surface area contributed by atoms with E-state index in [4.69, 9.17) is 14.2 Å². The van der Waals surface area contributed by atoms with E-state index in [1.165, 1.54) is 0 Å². The number of phenolic OH excluding ortho intramolecular Hbond substituents is 1. The van der Waals surface area contributed by atoms with Gasteiger partial charge in [-0.2, -0.15) is 0 Å². The highest BCUT2D eigenvalue weighted by atomic mass is 16.5. The molecule has 5 nitrogen and oxygen atoms in total. The third-order valence-corrected chi connectivity index (χ3v) is 4.76. The second-order valence-electron chi connectivity index (χ2n) is 6.23. The van der Waals surface area contributed by atoms with E-state index in [2.05, 4.69) is 0 Å². The molecular formula is C22H18O5. The maximum atomic E-state index is 11.8. The summed E-state index contributed by atoms with van der Waals surface area (Å²) in [7, 11) is 3.16. The number of methoxy groups -OCH3 is 2. The molecule has 1 heterocycles. The van der Waals surface area contributed by atoms with Gasteiger partial charge in [-0.1, -0.05) is 18.2 Å². The van der Waals surface area contributed by atoms with Crippen molar-refractivity contribution in [1.82, 2.24) is 0 Å². The van der Waals surface area contributed by atoms with Crippen LogP contribution in [0.15, 0.2) is 54.6 Å². The Morgan fingerprint density at radius 2 is 1.81 bits per heavy atom. The largest absolute Gasteiger partial charge is 0.507 e. The summed E-state index contributed by atoms with van der Waals surface area (Å²) in [6, 6.07) is 16.2. The Labute approximate surface area is 156 Å². The van der Waals surface area contributed by atoms with Crippen molar-refractivity contribution in [3.05, 3.63) is 65.7 Å². The van der Waals surface area contributed by atoms with Crippen LogP contribution < -0.4 is 14.2 Å². The van der Waals surface area contributed by atoms with E-state index in [0.717, 1.165) is 23.0 Å². The highest BCUT2D eigenvalue weighted by Crippen LogP contribution is 2.49. The molecule has 0 radical (unpaired) electrons. The molecule has 0 saturated carbocycles. The van der Waals surface area contributed by atoms with Gasteiger partial charge in [-0.25, -0.2) is 0 Å². The second kappa shape index (κ2) is 6.68. The van der Waals surface area contributed by atoms with E-state index in [1.54, 1.807) is 26.4 Å². The molecule has 3 aromatic rings. The minimum absolute atomic E-state index is 0.00646. The molecule has 1 atom stereocenters. The molecule has 1 aliphatic heterocycles. The topological polar surface area (TPSA) is 65.0 Å². The smallest absolute Gasteiger partial charge is 0.136 e. The van der Waals surface area contributed by atoms with Crippen LogP contribution in [0.2, 0.25) is 0 Å². The molecule has 3 aromatic carbocycles. The van der Waals surface area contributed by atoms with Crippen LogP contribution >= 0.6 is 0 Å². The van der Waals surface area contributed by atoms with Gasteiger partial charge in [-0.15, -0.1) is 0 Å². The van der Waals surface area contributed by atoms with Crippen LogP contribution in [0.1, 0.15) is 17.0 Å². The predicted molar refractivity (Wildman–Crippen MR) is 101 cm³/mol. The third kappa shape index (κ3) is 2.77. The minimum atomic E-state index is -0.572. The van der Waals surface area contributed by atoms with E-state index in [0.29, 0.717) is 28.6 Å². The first-order chi connectivity index (χ1) is 13.2. The lowest BCUT2D eigenvalue weighted by atomic mass is 9.87. The van der Waals surface area contributed by atoms with Gasteiger partial charge in [0.25, 0.3) is 0 Å². The Morgan fingerprint density at radius 1 is 1.00 bits per heavy atom. The fourth-order valence-corrected chi connectivity index (χ4v) is 3.45. The van der Waals surface area contributed by atoms with E-state index < -0.39 is 5.92 Å². The van der Waals surface area contributed by atoms with E-state index >= 15 is 0 Å². The zero-order valence-electron chi connectivity index (χ0n) is 14.9. The number of carbonyl (C=O) groups is 1. The first kappa shape index (κ1) is 17.0. The number of hydrogen-bond donors (Lipinski definition) is 1. The van der Waals surface area contributed by atoms with Gasteiger partial charge in [0.15, 0.2) is 0 Å². The second-order valence-corrected chi connectivity index (χ2v) is 6.23. The molecule has 0 aromatic heterocycles. The van der Waals surface area contributed by atoms with Gasteiger partial charge in [-0.3, -0.25) is 0 Å². The van der Waals surface area contributed by atoms with Crippen molar-refractivity contribution in [2.24, 2.45) is 0 Å². The van der Waals surface area contributed by atoms with Gasteiger partial charge in [0.1, 0.15) is 35.0 Å². The molecule has 1 unspecified atom stereocenters. The quantitative estimate of drug-likeness (QED) is 0.692. The summed E-state index contributed by atoms with van der Waals surface area (Å²) in [5.41, 5.74) is 2.71.